The van der Waals surface area contributed by atoms with Gasteiger partial charge in [0.1, 0.15) is 0 Å². The van der Waals surface area contributed by atoms with Crippen LogP contribution < -0.4 is 20.7 Å². The minimum absolute atomic E-state index is 0.115. The zero-order valence-corrected chi connectivity index (χ0v) is 25.0. The quantitative estimate of drug-likeness (QED) is 0.156. The molecule has 0 atom stereocenters. The van der Waals surface area contributed by atoms with E-state index < -0.39 is 0 Å². The van der Waals surface area contributed by atoms with Gasteiger partial charge in [0.05, 0.1) is 12.4 Å². The molecule has 0 saturated carbocycles. The maximum atomic E-state index is 12.8. The number of aromatic amines is 1. The highest BCUT2D eigenvalue weighted by Crippen LogP contribution is 2.22. The monoisotopic (exact) mass is 589 g/mol. The fraction of sp³-hybridized carbons (Fsp3) is 0.314. The number of carbonyl (C=O) groups is 2. The van der Waals surface area contributed by atoms with Crippen LogP contribution in [0.1, 0.15) is 65.7 Å². The van der Waals surface area contributed by atoms with E-state index >= 15 is 0 Å². The van der Waals surface area contributed by atoms with Gasteiger partial charge in [-0.25, -0.2) is 10.9 Å². The number of hydrogen-bond acceptors (Lipinski definition) is 6. The van der Waals surface area contributed by atoms with Crippen molar-refractivity contribution in [1.29, 1.82) is 0 Å². The third kappa shape index (κ3) is 7.53. The SMILES string of the molecule is O=C(CCCc1cc2cc(C(=O)NN=Cc3cccc(N4CCCC4)c3)ccc2[nH]1)NN=Cc1cccc(N2CCCC2)c1. The lowest BCUT2D eigenvalue weighted by molar-refractivity contribution is -0.121. The molecular formula is C35H39N7O2. The second-order valence-corrected chi connectivity index (χ2v) is 11.5. The highest BCUT2D eigenvalue weighted by Gasteiger charge is 2.13. The Bertz CT molecular complexity index is 1660. The van der Waals surface area contributed by atoms with Gasteiger partial charge in [-0.1, -0.05) is 24.3 Å². The van der Waals surface area contributed by atoms with Gasteiger partial charge in [0.15, 0.2) is 0 Å². The number of hydrazone groups is 2. The van der Waals surface area contributed by atoms with E-state index in [1.165, 1.54) is 37.1 Å². The van der Waals surface area contributed by atoms with Gasteiger partial charge in [-0.05, 0) is 98.2 Å². The van der Waals surface area contributed by atoms with E-state index in [4.69, 9.17) is 0 Å². The number of hydrogen-bond donors (Lipinski definition) is 3. The Morgan fingerprint density at radius 1 is 0.750 bits per heavy atom. The van der Waals surface area contributed by atoms with E-state index in [-0.39, 0.29) is 11.8 Å². The van der Waals surface area contributed by atoms with Crippen molar-refractivity contribution in [3.05, 3.63) is 95.2 Å². The van der Waals surface area contributed by atoms with Crippen molar-refractivity contribution in [3.63, 3.8) is 0 Å². The van der Waals surface area contributed by atoms with Crippen LogP contribution in [0, 0.1) is 0 Å². The molecule has 3 heterocycles. The summed E-state index contributed by atoms with van der Waals surface area (Å²) in [7, 11) is 0. The van der Waals surface area contributed by atoms with Gasteiger partial charge in [0.2, 0.25) is 5.91 Å². The van der Waals surface area contributed by atoms with Crippen LogP contribution in [0.5, 0.6) is 0 Å². The van der Waals surface area contributed by atoms with Crippen molar-refractivity contribution >= 4 is 46.5 Å². The van der Waals surface area contributed by atoms with Crippen LogP contribution in [0.4, 0.5) is 11.4 Å². The number of fused-ring (bicyclic) bond motifs is 1. The molecule has 2 aliphatic heterocycles. The Hall–Kier alpha value is -4.92. The Kier molecular flexibility index (Phi) is 9.30. The number of aromatic nitrogens is 1. The largest absolute Gasteiger partial charge is 0.372 e. The maximum Gasteiger partial charge on any atom is 0.271 e. The summed E-state index contributed by atoms with van der Waals surface area (Å²) in [6.45, 7) is 4.35. The lowest BCUT2D eigenvalue weighted by atomic mass is 10.1. The van der Waals surface area contributed by atoms with Crippen molar-refractivity contribution in [2.24, 2.45) is 10.2 Å². The highest BCUT2D eigenvalue weighted by molar-refractivity contribution is 5.98. The first-order chi connectivity index (χ1) is 21.6. The Morgan fingerprint density at radius 3 is 2.00 bits per heavy atom. The predicted molar refractivity (Wildman–Crippen MR) is 178 cm³/mol. The van der Waals surface area contributed by atoms with Gasteiger partial charge < -0.3 is 14.8 Å². The molecule has 9 nitrogen and oxygen atoms in total. The van der Waals surface area contributed by atoms with E-state index in [1.807, 2.05) is 42.5 Å². The molecule has 44 heavy (non-hydrogen) atoms. The smallest absolute Gasteiger partial charge is 0.271 e. The van der Waals surface area contributed by atoms with Crippen molar-refractivity contribution in [2.75, 3.05) is 36.0 Å². The van der Waals surface area contributed by atoms with Gasteiger partial charge in [-0.15, -0.1) is 0 Å². The van der Waals surface area contributed by atoms with Gasteiger partial charge in [0, 0.05) is 66.1 Å². The Balaban J connectivity index is 0.960. The Labute approximate surface area is 258 Å². The summed E-state index contributed by atoms with van der Waals surface area (Å²) in [6, 6.07) is 24.0. The Morgan fingerprint density at radius 2 is 1.36 bits per heavy atom. The van der Waals surface area contributed by atoms with Crippen LogP contribution in [0.2, 0.25) is 0 Å². The summed E-state index contributed by atoms with van der Waals surface area (Å²) in [5.41, 5.74) is 12.1. The summed E-state index contributed by atoms with van der Waals surface area (Å²) in [5, 5.41) is 9.28. The first kappa shape index (κ1) is 29.2. The second-order valence-electron chi connectivity index (χ2n) is 11.5. The average molecular weight is 590 g/mol. The fourth-order valence-electron chi connectivity index (χ4n) is 5.93. The van der Waals surface area contributed by atoms with Gasteiger partial charge in [-0.3, -0.25) is 9.59 Å². The topological polar surface area (TPSA) is 105 Å². The molecule has 3 aromatic carbocycles. The molecule has 2 fully saturated rings. The zero-order chi connectivity index (χ0) is 30.1. The standard InChI is InChI=1S/C35H39N7O2/c43-34(39-36-24-26-8-5-11-31(20-26)41-16-1-2-17-41)13-7-10-30-23-29-22-28(14-15-33(29)38-30)35(44)40-37-25-27-9-6-12-32(21-27)42-18-3-4-19-42/h5-6,8-9,11-12,14-15,20-25,38H,1-4,7,10,13,16-19H2,(H,39,43)(H,40,44). The molecule has 6 rings (SSSR count). The van der Waals surface area contributed by atoms with Crippen LogP contribution >= 0.6 is 0 Å². The van der Waals surface area contributed by atoms with Crippen LogP contribution in [-0.4, -0.2) is 55.4 Å². The van der Waals surface area contributed by atoms with Gasteiger partial charge >= 0.3 is 0 Å². The molecule has 0 radical (unpaired) electrons. The van der Waals surface area contributed by atoms with E-state index in [1.54, 1.807) is 18.5 Å². The van der Waals surface area contributed by atoms with Crippen molar-refractivity contribution in [2.45, 2.75) is 44.9 Å². The van der Waals surface area contributed by atoms with E-state index in [0.717, 1.165) is 53.9 Å². The van der Waals surface area contributed by atoms with Crippen molar-refractivity contribution in [3.8, 4) is 0 Å². The summed E-state index contributed by atoms with van der Waals surface area (Å²) >= 11 is 0. The highest BCUT2D eigenvalue weighted by atomic mass is 16.2. The number of amides is 2. The average Bonchev–Trinajstić information content (AvgIpc) is 3.84. The number of nitrogens with one attached hydrogen (secondary N) is 3. The van der Waals surface area contributed by atoms with Gasteiger partial charge in [-0.2, -0.15) is 10.2 Å². The molecular weight excluding hydrogens is 550 g/mol. The molecule has 226 valence electrons. The molecule has 4 aromatic rings. The number of anilines is 2. The molecule has 0 spiro atoms. The van der Waals surface area contributed by atoms with Crippen LogP contribution in [0.25, 0.3) is 10.9 Å². The second kappa shape index (κ2) is 14.0. The number of H-pyrrole nitrogens is 1. The van der Waals surface area contributed by atoms with Crippen LogP contribution in [0.3, 0.4) is 0 Å². The third-order valence-corrected chi connectivity index (χ3v) is 8.25. The zero-order valence-electron chi connectivity index (χ0n) is 25.0. The summed E-state index contributed by atoms with van der Waals surface area (Å²) in [6.07, 6.45) is 10.1. The minimum Gasteiger partial charge on any atom is -0.372 e. The summed E-state index contributed by atoms with van der Waals surface area (Å²) < 4.78 is 0. The number of aryl methyl sites for hydroxylation is 1. The molecule has 1 aromatic heterocycles. The molecule has 3 N–H and O–H groups in total. The van der Waals surface area contributed by atoms with Gasteiger partial charge in [0.25, 0.3) is 5.91 Å². The molecule has 2 saturated heterocycles. The van der Waals surface area contributed by atoms with E-state index in [9.17, 15) is 9.59 Å². The predicted octanol–water partition coefficient (Wildman–Crippen LogP) is 5.61. The van der Waals surface area contributed by atoms with E-state index in [0.29, 0.717) is 24.8 Å². The normalized spacial score (nSPS) is 15.2. The first-order valence-electron chi connectivity index (χ1n) is 15.6. The summed E-state index contributed by atoms with van der Waals surface area (Å²) in [5.74, 6) is -0.378. The van der Waals surface area contributed by atoms with Crippen molar-refractivity contribution in [1.82, 2.24) is 15.8 Å². The lowest BCUT2D eigenvalue weighted by Crippen LogP contribution is -2.18. The molecule has 0 aliphatic carbocycles. The number of benzene rings is 3. The summed E-state index contributed by atoms with van der Waals surface area (Å²) in [4.78, 5) is 33.2. The maximum absolute atomic E-state index is 12.8. The lowest BCUT2D eigenvalue weighted by Gasteiger charge is -2.17. The fourth-order valence-corrected chi connectivity index (χ4v) is 5.93. The number of nitrogens with zero attached hydrogens (tertiary/aromatic N) is 4. The van der Waals surface area contributed by atoms with Crippen molar-refractivity contribution < 1.29 is 9.59 Å². The first-order valence-corrected chi connectivity index (χ1v) is 15.6. The third-order valence-electron chi connectivity index (χ3n) is 8.25. The molecule has 0 unspecified atom stereocenters. The molecule has 9 heteroatoms. The molecule has 2 amide bonds. The molecule has 2 aliphatic rings. The number of rotatable bonds is 11. The number of carbonyl (C=O) groups excluding carboxylic acids is 2. The minimum atomic E-state index is -0.262. The van der Waals surface area contributed by atoms with Crippen LogP contribution in [0.15, 0.2) is 83.0 Å². The van der Waals surface area contributed by atoms with Crippen LogP contribution in [-0.2, 0) is 11.2 Å². The molecule has 0 bridgehead atoms. The van der Waals surface area contributed by atoms with E-state index in [2.05, 4.69) is 60.1 Å².